The second-order valence-electron chi connectivity index (χ2n) is 5.59. The van der Waals surface area contributed by atoms with Gasteiger partial charge in [0.15, 0.2) is 0 Å². The largest absolute Gasteiger partial charge is 0.387 e. The van der Waals surface area contributed by atoms with Crippen molar-refractivity contribution in [3.8, 4) is 0 Å². The summed E-state index contributed by atoms with van der Waals surface area (Å²) in [6.45, 7) is 4.40. The maximum Gasteiger partial charge on any atom is 0.103 e. The molecule has 0 saturated heterocycles. The molecule has 0 radical (unpaired) electrons. The molecule has 0 aromatic heterocycles. The zero-order chi connectivity index (χ0) is 13.0. The van der Waals surface area contributed by atoms with Crippen LogP contribution in [-0.2, 0) is 0 Å². The molecule has 0 bridgehead atoms. The SMILES string of the molecule is CC(C)c1ccccc1N=C(N)C1CCCCC1. The van der Waals surface area contributed by atoms with Crippen molar-refractivity contribution in [2.24, 2.45) is 16.6 Å². The smallest absolute Gasteiger partial charge is 0.103 e. The Bertz CT molecular complexity index is 415. The number of amidine groups is 1. The quantitative estimate of drug-likeness (QED) is 0.622. The molecule has 2 N–H and O–H groups in total. The summed E-state index contributed by atoms with van der Waals surface area (Å²) in [5, 5.41) is 0. The number of para-hydroxylation sites is 1. The number of hydrogen-bond acceptors (Lipinski definition) is 1. The van der Waals surface area contributed by atoms with Crippen molar-refractivity contribution in [2.45, 2.75) is 51.9 Å². The number of hydrogen-bond donors (Lipinski definition) is 1. The molecule has 0 amide bonds. The maximum atomic E-state index is 6.20. The van der Waals surface area contributed by atoms with Crippen LogP contribution in [0.25, 0.3) is 0 Å². The van der Waals surface area contributed by atoms with Gasteiger partial charge in [0, 0.05) is 5.92 Å². The number of rotatable bonds is 3. The van der Waals surface area contributed by atoms with Crippen molar-refractivity contribution in [2.75, 3.05) is 0 Å². The Hall–Kier alpha value is -1.31. The van der Waals surface area contributed by atoms with Gasteiger partial charge in [0.2, 0.25) is 0 Å². The second-order valence-corrected chi connectivity index (χ2v) is 5.59. The average Bonchev–Trinajstić information content (AvgIpc) is 2.40. The highest BCUT2D eigenvalue weighted by Gasteiger charge is 2.17. The van der Waals surface area contributed by atoms with E-state index in [4.69, 9.17) is 10.7 Å². The zero-order valence-electron chi connectivity index (χ0n) is 11.5. The predicted octanol–water partition coefficient (Wildman–Crippen LogP) is 4.38. The highest BCUT2D eigenvalue weighted by atomic mass is 14.9. The molecule has 0 atom stereocenters. The number of nitrogens with zero attached hydrogens (tertiary/aromatic N) is 1. The summed E-state index contributed by atoms with van der Waals surface area (Å²) in [6, 6.07) is 8.34. The lowest BCUT2D eigenvalue weighted by molar-refractivity contribution is 0.437. The number of benzene rings is 1. The van der Waals surface area contributed by atoms with E-state index in [-0.39, 0.29) is 0 Å². The van der Waals surface area contributed by atoms with Crippen LogP contribution in [0, 0.1) is 5.92 Å². The van der Waals surface area contributed by atoms with Gasteiger partial charge in [0.25, 0.3) is 0 Å². The molecular weight excluding hydrogens is 220 g/mol. The lowest BCUT2D eigenvalue weighted by Gasteiger charge is -2.21. The summed E-state index contributed by atoms with van der Waals surface area (Å²) in [7, 11) is 0. The highest BCUT2D eigenvalue weighted by molar-refractivity contribution is 5.85. The Morgan fingerprint density at radius 3 is 2.50 bits per heavy atom. The molecule has 1 fully saturated rings. The van der Waals surface area contributed by atoms with Gasteiger partial charge in [-0.1, -0.05) is 51.3 Å². The topological polar surface area (TPSA) is 38.4 Å². The van der Waals surface area contributed by atoms with Crippen LogP contribution in [0.1, 0.15) is 57.4 Å². The first-order valence-electron chi connectivity index (χ1n) is 7.11. The van der Waals surface area contributed by atoms with Crippen LogP contribution in [0.3, 0.4) is 0 Å². The van der Waals surface area contributed by atoms with Crippen LogP contribution in [0.2, 0.25) is 0 Å². The predicted molar refractivity (Wildman–Crippen MR) is 78.4 cm³/mol. The number of aliphatic imine (C=N–C) groups is 1. The van der Waals surface area contributed by atoms with E-state index in [1.165, 1.54) is 37.7 Å². The highest BCUT2D eigenvalue weighted by Crippen LogP contribution is 2.29. The van der Waals surface area contributed by atoms with Gasteiger partial charge in [0.1, 0.15) is 5.84 Å². The average molecular weight is 244 g/mol. The molecule has 0 unspecified atom stereocenters. The standard InChI is InChI=1S/C16H24N2/c1-12(2)14-10-6-7-11-15(14)18-16(17)13-8-4-3-5-9-13/h6-7,10-13H,3-5,8-9H2,1-2H3,(H2,17,18). The van der Waals surface area contributed by atoms with E-state index < -0.39 is 0 Å². The van der Waals surface area contributed by atoms with E-state index in [2.05, 4.69) is 32.0 Å². The number of nitrogens with two attached hydrogens (primary N) is 1. The maximum absolute atomic E-state index is 6.20. The summed E-state index contributed by atoms with van der Waals surface area (Å²) < 4.78 is 0. The fourth-order valence-corrected chi connectivity index (χ4v) is 2.71. The fourth-order valence-electron chi connectivity index (χ4n) is 2.71. The Balaban J connectivity index is 2.20. The third kappa shape index (κ3) is 3.12. The van der Waals surface area contributed by atoms with Crippen molar-refractivity contribution in [3.63, 3.8) is 0 Å². The van der Waals surface area contributed by atoms with Crippen molar-refractivity contribution >= 4 is 11.5 Å². The first-order chi connectivity index (χ1) is 8.68. The molecule has 1 saturated carbocycles. The molecule has 0 spiro atoms. The van der Waals surface area contributed by atoms with Gasteiger partial charge in [-0.25, -0.2) is 4.99 Å². The molecule has 1 aliphatic carbocycles. The second kappa shape index (κ2) is 6.03. The molecule has 2 rings (SSSR count). The summed E-state index contributed by atoms with van der Waals surface area (Å²) in [5.41, 5.74) is 8.54. The van der Waals surface area contributed by atoms with Crippen LogP contribution in [0.5, 0.6) is 0 Å². The van der Waals surface area contributed by atoms with Crippen LogP contribution in [0.15, 0.2) is 29.3 Å². The Labute approximate surface area is 110 Å². The van der Waals surface area contributed by atoms with Gasteiger partial charge in [-0.3, -0.25) is 0 Å². The van der Waals surface area contributed by atoms with Crippen molar-refractivity contribution in [1.29, 1.82) is 0 Å². The summed E-state index contributed by atoms with van der Waals surface area (Å²) in [6.07, 6.45) is 6.37. The van der Waals surface area contributed by atoms with E-state index in [1.807, 2.05) is 6.07 Å². The van der Waals surface area contributed by atoms with Crippen molar-refractivity contribution in [1.82, 2.24) is 0 Å². The first kappa shape index (κ1) is 13.1. The van der Waals surface area contributed by atoms with E-state index in [9.17, 15) is 0 Å². The molecule has 0 aliphatic heterocycles. The van der Waals surface area contributed by atoms with Gasteiger partial charge < -0.3 is 5.73 Å². The minimum Gasteiger partial charge on any atom is -0.387 e. The minimum atomic E-state index is 0.490. The molecule has 98 valence electrons. The fraction of sp³-hybridized carbons (Fsp3) is 0.562. The van der Waals surface area contributed by atoms with Gasteiger partial charge >= 0.3 is 0 Å². The van der Waals surface area contributed by atoms with Gasteiger partial charge in [-0.05, 0) is 30.4 Å². The summed E-state index contributed by atoms with van der Waals surface area (Å²) in [5.74, 6) is 1.82. The van der Waals surface area contributed by atoms with Gasteiger partial charge in [-0.2, -0.15) is 0 Å². The Morgan fingerprint density at radius 1 is 1.17 bits per heavy atom. The van der Waals surface area contributed by atoms with Gasteiger partial charge in [0.05, 0.1) is 5.69 Å². The van der Waals surface area contributed by atoms with Crippen LogP contribution >= 0.6 is 0 Å². The van der Waals surface area contributed by atoms with Crippen LogP contribution < -0.4 is 5.73 Å². The Morgan fingerprint density at radius 2 is 1.83 bits per heavy atom. The molecule has 18 heavy (non-hydrogen) atoms. The lowest BCUT2D eigenvalue weighted by Crippen LogP contribution is -2.25. The summed E-state index contributed by atoms with van der Waals surface area (Å²) >= 11 is 0. The van der Waals surface area contributed by atoms with Crippen molar-refractivity contribution < 1.29 is 0 Å². The molecule has 1 aromatic carbocycles. The van der Waals surface area contributed by atoms with Crippen LogP contribution in [-0.4, -0.2) is 5.84 Å². The van der Waals surface area contributed by atoms with Crippen LogP contribution in [0.4, 0.5) is 5.69 Å². The van der Waals surface area contributed by atoms with Gasteiger partial charge in [-0.15, -0.1) is 0 Å². The first-order valence-corrected chi connectivity index (χ1v) is 7.11. The Kier molecular flexibility index (Phi) is 4.40. The molecule has 0 heterocycles. The molecule has 1 aliphatic rings. The lowest BCUT2D eigenvalue weighted by atomic mass is 9.88. The molecule has 2 nitrogen and oxygen atoms in total. The van der Waals surface area contributed by atoms with E-state index in [0.29, 0.717) is 11.8 Å². The summed E-state index contributed by atoms with van der Waals surface area (Å²) in [4.78, 5) is 4.70. The molecular formula is C16H24N2. The van der Waals surface area contributed by atoms with E-state index in [0.717, 1.165) is 11.5 Å². The monoisotopic (exact) mass is 244 g/mol. The van der Waals surface area contributed by atoms with E-state index >= 15 is 0 Å². The third-order valence-electron chi connectivity index (χ3n) is 3.83. The zero-order valence-corrected chi connectivity index (χ0v) is 11.5. The molecule has 1 aromatic rings. The molecule has 2 heteroatoms. The minimum absolute atomic E-state index is 0.490. The van der Waals surface area contributed by atoms with E-state index in [1.54, 1.807) is 0 Å². The third-order valence-corrected chi connectivity index (χ3v) is 3.83. The normalized spacial score (nSPS) is 18.3. The van der Waals surface area contributed by atoms with Crippen molar-refractivity contribution in [3.05, 3.63) is 29.8 Å².